The number of furan rings is 1. The summed E-state index contributed by atoms with van der Waals surface area (Å²) in [5.74, 6) is 2.15. The van der Waals surface area contributed by atoms with Gasteiger partial charge in [-0.3, -0.25) is 0 Å². The van der Waals surface area contributed by atoms with Crippen LogP contribution in [0.5, 0.6) is 0 Å². The molecule has 1 atom stereocenters. The van der Waals surface area contributed by atoms with E-state index in [9.17, 15) is 0 Å². The van der Waals surface area contributed by atoms with Crippen molar-refractivity contribution in [2.45, 2.75) is 19.3 Å². The number of nitrogens with zero attached hydrogens (tertiary/aromatic N) is 4. The zero-order valence-corrected chi connectivity index (χ0v) is 32.1. The molecule has 0 N–H and O–H groups in total. The second kappa shape index (κ2) is 12.2. The van der Waals surface area contributed by atoms with E-state index in [1.165, 1.54) is 65.6 Å². The van der Waals surface area contributed by atoms with Crippen molar-refractivity contribution < 1.29 is 4.42 Å². The van der Waals surface area contributed by atoms with E-state index < -0.39 is 0 Å². The molecule has 1 unspecified atom stereocenters. The van der Waals surface area contributed by atoms with E-state index in [1.807, 2.05) is 36.4 Å². The largest absolute Gasteiger partial charge is 0.456 e. The molecule has 0 radical (unpaired) electrons. The van der Waals surface area contributed by atoms with Crippen LogP contribution in [0.1, 0.15) is 30.4 Å². The van der Waals surface area contributed by atoms with Gasteiger partial charge in [0, 0.05) is 49.8 Å². The second-order valence-electron chi connectivity index (χ2n) is 15.8. The highest BCUT2D eigenvalue weighted by molar-refractivity contribution is 6.34. The number of rotatable bonds is 5. The summed E-state index contributed by atoms with van der Waals surface area (Å²) in [4.78, 5) is 15.6. The van der Waals surface area contributed by atoms with Crippen LogP contribution in [0.3, 0.4) is 0 Å². The molecule has 1 aliphatic rings. The van der Waals surface area contributed by atoms with E-state index in [0.717, 1.165) is 50.7 Å². The van der Waals surface area contributed by atoms with Crippen molar-refractivity contribution >= 4 is 65.3 Å². The summed E-state index contributed by atoms with van der Waals surface area (Å²) < 4.78 is 8.79. The van der Waals surface area contributed by atoms with Crippen molar-refractivity contribution in [2.24, 2.45) is 0 Å². The van der Waals surface area contributed by atoms with Crippen LogP contribution in [0.4, 0.5) is 0 Å². The summed E-state index contributed by atoms with van der Waals surface area (Å²) in [5, 5.41) is 9.96. The van der Waals surface area contributed by atoms with Crippen LogP contribution >= 0.6 is 0 Å². The first-order chi connectivity index (χ1) is 29.2. The Balaban J connectivity index is 1.04. The topological polar surface area (TPSA) is 56.7 Å². The summed E-state index contributed by atoms with van der Waals surface area (Å²) in [6, 6.07) is 60.7. The minimum atomic E-state index is 0.257. The zero-order valence-electron chi connectivity index (χ0n) is 32.1. The number of fused-ring (bicyclic) bond motifs is 9. The highest BCUT2D eigenvalue weighted by Crippen LogP contribution is 2.51. The normalized spacial score (nSPS) is 13.7. The summed E-state index contributed by atoms with van der Waals surface area (Å²) in [7, 11) is 0. The lowest BCUT2D eigenvalue weighted by Crippen LogP contribution is -2.01. The van der Waals surface area contributed by atoms with Crippen LogP contribution in [-0.4, -0.2) is 19.5 Å². The first-order valence-corrected chi connectivity index (χ1v) is 20.4. The second-order valence-corrected chi connectivity index (χ2v) is 15.8. The van der Waals surface area contributed by atoms with Crippen LogP contribution in [0, 0.1) is 0 Å². The Labute approximate surface area is 339 Å². The van der Waals surface area contributed by atoms with Crippen LogP contribution in [-0.2, 0) is 0 Å². The SMILES string of the molecule is CCC1c2ccc(-n3c4cccc5c6ccccc6c6cccc3c6c54)cc2-c2c(-c3nc(-c4ccccc4)nc(-c4ccc5c(c4)oc4ccccc45)n3)cccc21. The molecule has 3 heterocycles. The number of para-hydroxylation sites is 1. The van der Waals surface area contributed by atoms with Crippen LogP contribution in [0.2, 0.25) is 0 Å². The van der Waals surface area contributed by atoms with Crippen molar-refractivity contribution in [3.8, 4) is 51.0 Å². The number of aromatic nitrogens is 4. The van der Waals surface area contributed by atoms with Gasteiger partial charge in [-0.05, 0) is 92.7 Å². The van der Waals surface area contributed by atoms with E-state index in [2.05, 4.69) is 145 Å². The lowest BCUT2D eigenvalue weighted by Gasteiger charge is -2.14. The molecule has 276 valence electrons. The Morgan fingerprint density at radius 3 is 1.83 bits per heavy atom. The molecule has 0 fully saturated rings. The van der Waals surface area contributed by atoms with Gasteiger partial charge in [0.05, 0.1) is 11.0 Å². The van der Waals surface area contributed by atoms with Gasteiger partial charge in [-0.1, -0.05) is 134 Å². The van der Waals surface area contributed by atoms with Crippen LogP contribution in [0.25, 0.3) is 116 Å². The first kappa shape index (κ1) is 32.5. The van der Waals surface area contributed by atoms with E-state index in [0.29, 0.717) is 17.5 Å². The van der Waals surface area contributed by atoms with E-state index in [1.54, 1.807) is 0 Å². The smallest absolute Gasteiger partial charge is 0.164 e. The first-order valence-electron chi connectivity index (χ1n) is 20.4. The molecule has 0 saturated carbocycles. The molecule has 0 amide bonds. The van der Waals surface area contributed by atoms with Gasteiger partial charge in [0.2, 0.25) is 0 Å². The molecule has 0 saturated heterocycles. The van der Waals surface area contributed by atoms with Gasteiger partial charge in [-0.2, -0.15) is 0 Å². The summed E-state index contributed by atoms with van der Waals surface area (Å²) in [6.45, 7) is 2.29. The highest BCUT2D eigenvalue weighted by Gasteiger charge is 2.32. The Bertz CT molecular complexity index is 3580. The summed E-state index contributed by atoms with van der Waals surface area (Å²) in [5.41, 5.74) is 13.1. The minimum Gasteiger partial charge on any atom is -0.456 e. The molecule has 5 nitrogen and oxygen atoms in total. The molecular formula is C54H34N4O. The van der Waals surface area contributed by atoms with Crippen molar-refractivity contribution in [2.75, 3.05) is 0 Å². The molecule has 1 aliphatic carbocycles. The molecule has 3 aromatic heterocycles. The molecule has 0 spiro atoms. The predicted molar refractivity (Wildman–Crippen MR) is 242 cm³/mol. The lowest BCUT2D eigenvalue weighted by molar-refractivity contribution is 0.669. The number of benzene rings is 9. The van der Waals surface area contributed by atoms with Gasteiger partial charge in [-0.25, -0.2) is 15.0 Å². The van der Waals surface area contributed by atoms with Crippen molar-refractivity contribution in [1.29, 1.82) is 0 Å². The van der Waals surface area contributed by atoms with Crippen LogP contribution < -0.4 is 0 Å². The van der Waals surface area contributed by atoms with Gasteiger partial charge in [0.15, 0.2) is 17.5 Å². The molecule has 12 aromatic rings. The minimum absolute atomic E-state index is 0.257. The maximum Gasteiger partial charge on any atom is 0.164 e. The third-order valence-electron chi connectivity index (χ3n) is 12.7. The average Bonchev–Trinajstić information content (AvgIpc) is 3.96. The summed E-state index contributed by atoms with van der Waals surface area (Å²) in [6.07, 6.45) is 0.985. The molecule has 59 heavy (non-hydrogen) atoms. The quantitative estimate of drug-likeness (QED) is 0.164. The van der Waals surface area contributed by atoms with E-state index in [4.69, 9.17) is 19.4 Å². The van der Waals surface area contributed by atoms with Crippen molar-refractivity contribution in [1.82, 2.24) is 19.5 Å². The van der Waals surface area contributed by atoms with Gasteiger partial charge in [-0.15, -0.1) is 0 Å². The highest BCUT2D eigenvalue weighted by atomic mass is 16.3. The van der Waals surface area contributed by atoms with Gasteiger partial charge < -0.3 is 8.98 Å². The lowest BCUT2D eigenvalue weighted by atomic mass is 9.93. The Morgan fingerprint density at radius 1 is 0.458 bits per heavy atom. The molecular weight excluding hydrogens is 721 g/mol. The van der Waals surface area contributed by atoms with Crippen molar-refractivity contribution in [3.63, 3.8) is 0 Å². The van der Waals surface area contributed by atoms with E-state index >= 15 is 0 Å². The molecule has 13 rings (SSSR count). The van der Waals surface area contributed by atoms with Gasteiger partial charge in [0.1, 0.15) is 11.2 Å². The Morgan fingerprint density at radius 2 is 1.08 bits per heavy atom. The van der Waals surface area contributed by atoms with Gasteiger partial charge in [0.25, 0.3) is 0 Å². The predicted octanol–water partition coefficient (Wildman–Crippen LogP) is 14.1. The Hall–Kier alpha value is -7.63. The maximum atomic E-state index is 6.32. The van der Waals surface area contributed by atoms with Gasteiger partial charge >= 0.3 is 0 Å². The maximum absolute atomic E-state index is 6.32. The fraction of sp³-hybridized carbons (Fsp3) is 0.0556. The molecule has 0 bridgehead atoms. The third kappa shape index (κ3) is 4.58. The number of hydrogen-bond donors (Lipinski definition) is 0. The fourth-order valence-corrected chi connectivity index (χ4v) is 10.2. The number of hydrogen-bond acceptors (Lipinski definition) is 4. The average molecular weight is 755 g/mol. The third-order valence-corrected chi connectivity index (χ3v) is 12.7. The molecule has 9 aromatic carbocycles. The van der Waals surface area contributed by atoms with Crippen molar-refractivity contribution in [3.05, 3.63) is 181 Å². The molecule has 5 heteroatoms. The van der Waals surface area contributed by atoms with Crippen LogP contribution in [0.15, 0.2) is 174 Å². The molecule has 0 aliphatic heterocycles. The zero-order chi connectivity index (χ0) is 38.8. The summed E-state index contributed by atoms with van der Waals surface area (Å²) >= 11 is 0. The monoisotopic (exact) mass is 754 g/mol. The standard InChI is InChI=1S/C54H34N4O/c1-2-34-37-28-26-33(58-45-22-11-19-41-35-15-6-7-16-36(35)42-20-12-23-46(58)51(42)50(41)45)30-44(37)49-40(34)18-10-21-43(49)54-56-52(31-13-4-3-5-14-31)55-53(57-54)32-25-27-39-38-17-8-9-24-47(38)59-48(39)29-32/h3-30,34H,2H2,1H3. The Kier molecular flexibility index (Phi) is 6.70. The van der Waals surface area contributed by atoms with E-state index in [-0.39, 0.29) is 5.92 Å². The fourth-order valence-electron chi connectivity index (χ4n) is 10.2.